The molecule has 0 saturated carbocycles. The molecule has 7 nitrogen and oxygen atoms in total. The van der Waals surface area contributed by atoms with Crippen LogP contribution in [0, 0.1) is 0 Å². The summed E-state index contributed by atoms with van der Waals surface area (Å²) in [6, 6.07) is 7.62. The number of ether oxygens (including phenoxy) is 3. The lowest BCUT2D eigenvalue weighted by atomic mass is 10.3. The van der Waals surface area contributed by atoms with E-state index in [1.807, 2.05) is 31.2 Å². The van der Waals surface area contributed by atoms with Crippen LogP contribution in [0.15, 0.2) is 29.3 Å². The maximum Gasteiger partial charge on any atom is 0.191 e. The van der Waals surface area contributed by atoms with E-state index in [4.69, 9.17) is 14.2 Å². The molecule has 154 valence electrons. The number of benzene rings is 1. The van der Waals surface area contributed by atoms with Gasteiger partial charge in [0.2, 0.25) is 0 Å². The van der Waals surface area contributed by atoms with Crippen LogP contribution in [0.3, 0.4) is 0 Å². The number of hydrogen-bond acceptors (Lipinski definition) is 5. The Morgan fingerprint density at radius 1 is 1.19 bits per heavy atom. The van der Waals surface area contributed by atoms with Gasteiger partial charge in [0, 0.05) is 32.8 Å². The smallest absolute Gasteiger partial charge is 0.191 e. The van der Waals surface area contributed by atoms with Gasteiger partial charge in [-0.25, -0.2) is 4.99 Å². The molecule has 1 rings (SSSR count). The monoisotopic (exact) mass is 380 g/mol. The van der Waals surface area contributed by atoms with Gasteiger partial charge in [0.1, 0.15) is 17.6 Å². The molecule has 0 bridgehead atoms. The third kappa shape index (κ3) is 10.7. The SMILES string of the molecule is CCNC(=NCC(C)Oc1cccc(OC)c1)NCCCN(C)CCOC. The summed E-state index contributed by atoms with van der Waals surface area (Å²) in [4.78, 5) is 6.89. The standard InChI is InChI=1S/C20H36N4O3/c1-6-21-20(22-11-8-12-24(3)13-14-25-4)23-16-17(2)27-19-10-7-9-18(15-19)26-5/h7,9-10,15,17H,6,8,11-14,16H2,1-5H3,(H2,21,22,23). The van der Waals surface area contributed by atoms with Crippen molar-refractivity contribution in [2.45, 2.75) is 26.4 Å². The first-order valence-electron chi connectivity index (χ1n) is 9.59. The first kappa shape index (κ1) is 23.0. The molecule has 1 aromatic rings. The number of aliphatic imine (C=N–C) groups is 1. The van der Waals surface area contributed by atoms with Crippen molar-refractivity contribution < 1.29 is 14.2 Å². The molecule has 0 radical (unpaired) electrons. The first-order chi connectivity index (χ1) is 13.1. The fraction of sp³-hybridized carbons (Fsp3) is 0.650. The van der Waals surface area contributed by atoms with E-state index in [0.717, 1.165) is 56.7 Å². The molecular formula is C20H36N4O3. The van der Waals surface area contributed by atoms with Crippen LogP contribution in [0.4, 0.5) is 0 Å². The maximum absolute atomic E-state index is 5.92. The van der Waals surface area contributed by atoms with Crippen LogP contribution in [0.5, 0.6) is 11.5 Å². The number of likely N-dealkylation sites (N-methyl/N-ethyl adjacent to an activating group) is 1. The summed E-state index contributed by atoms with van der Waals surface area (Å²) < 4.78 is 16.2. The van der Waals surface area contributed by atoms with Crippen molar-refractivity contribution in [2.24, 2.45) is 4.99 Å². The Morgan fingerprint density at radius 3 is 2.67 bits per heavy atom. The van der Waals surface area contributed by atoms with Gasteiger partial charge in [-0.3, -0.25) is 0 Å². The number of hydrogen-bond donors (Lipinski definition) is 2. The number of nitrogens with one attached hydrogen (secondary N) is 2. The minimum atomic E-state index is -0.0345. The second-order valence-corrected chi connectivity index (χ2v) is 6.40. The van der Waals surface area contributed by atoms with Crippen molar-refractivity contribution in [3.63, 3.8) is 0 Å². The highest BCUT2D eigenvalue weighted by Gasteiger charge is 2.06. The predicted octanol–water partition coefficient (Wildman–Crippen LogP) is 1.99. The molecule has 0 aromatic heterocycles. The Labute approximate surface area is 164 Å². The molecule has 0 spiro atoms. The summed E-state index contributed by atoms with van der Waals surface area (Å²) in [5.74, 6) is 2.39. The zero-order valence-electron chi connectivity index (χ0n) is 17.5. The van der Waals surface area contributed by atoms with Crippen LogP contribution >= 0.6 is 0 Å². The summed E-state index contributed by atoms with van der Waals surface area (Å²) in [6.45, 7) is 9.07. The Morgan fingerprint density at radius 2 is 1.96 bits per heavy atom. The minimum absolute atomic E-state index is 0.0345. The zero-order valence-corrected chi connectivity index (χ0v) is 17.5. The highest BCUT2D eigenvalue weighted by Crippen LogP contribution is 2.19. The largest absolute Gasteiger partial charge is 0.497 e. The molecule has 7 heteroatoms. The van der Waals surface area contributed by atoms with Crippen molar-refractivity contribution in [1.29, 1.82) is 0 Å². The number of guanidine groups is 1. The molecule has 1 atom stereocenters. The molecule has 27 heavy (non-hydrogen) atoms. The van der Waals surface area contributed by atoms with Crippen molar-refractivity contribution in [1.82, 2.24) is 15.5 Å². The van der Waals surface area contributed by atoms with Gasteiger partial charge in [-0.1, -0.05) is 6.07 Å². The van der Waals surface area contributed by atoms with Gasteiger partial charge in [0.05, 0.1) is 20.3 Å². The lowest BCUT2D eigenvalue weighted by Crippen LogP contribution is -2.39. The molecule has 0 aliphatic rings. The maximum atomic E-state index is 5.92. The quantitative estimate of drug-likeness (QED) is 0.310. The summed E-state index contributed by atoms with van der Waals surface area (Å²) in [5, 5.41) is 6.65. The molecule has 1 unspecified atom stereocenters. The normalized spacial score (nSPS) is 12.7. The van der Waals surface area contributed by atoms with E-state index in [1.165, 1.54) is 0 Å². The fourth-order valence-electron chi connectivity index (χ4n) is 2.42. The molecular weight excluding hydrogens is 344 g/mol. The second-order valence-electron chi connectivity index (χ2n) is 6.40. The van der Waals surface area contributed by atoms with Crippen LogP contribution in [0.2, 0.25) is 0 Å². The van der Waals surface area contributed by atoms with Crippen molar-refractivity contribution in [3.8, 4) is 11.5 Å². The van der Waals surface area contributed by atoms with Gasteiger partial charge in [0.25, 0.3) is 0 Å². The Bertz CT molecular complexity index is 540. The van der Waals surface area contributed by atoms with Gasteiger partial charge in [-0.05, 0) is 46.0 Å². The zero-order chi connectivity index (χ0) is 19.9. The highest BCUT2D eigenvalue weighted by molar-refractivity contribution is 5.79. The Hall–Kier alpha value is -1.99. The summed E-state index contributed by atoms with van der Waals surface area (Å²) in [7, 11) is 5.49. The Kier molecular flexibility index (Phi) is 12.1. The first-order valence-corrected chi connectivity index (χ1v) is 9.59. The summed E-state index contributed by atoms with van der Waals surface area (Å²) in [6.07, 6.45) is 1.01. The number of methoxy groups -OCH3 is 2. The van der Waals surface area contributed by atoms with E-state index >= 15 is 0 Å². The third-order valence-electron chi connectivity index (χ3n) is 3.92. The van der Waals surface area contributed by atoms with Gasteiger partial charge in [-0.15, -0.1) is 0 Å². The van der Waals surface area contributed by atoms with E-state index in [2.05, 4.69) is 34.5 Å². The molecule has 0 heterocycles. The highest BCUT2D eigenvalue weighted by atomic mass is 16.5. The van der Waals surface area contributed by atoms with E-state index in [-0.39, 0.29) is 6.10 Å². The van der Waals surface area contributed by atoms with E-state index in [1.54, 1.807) is 14.2 Å². The third-order valence-corrected chi connectivity index (χ3v) is 3.92. The van der Waals surface area contributed by atoms with Crippen LogP contribution in [-0.4, -0.2) is 77.6 Å². The summed E-state index contributed by atoms with van der Waals surface area (Å²) >= 11 is 0. The molecule has 0 amide bonds. The molecule has 0 aliphatic heterocycles. The van der Waals surface area contributed by atoms with E-state index in [0.29, 0.717) is 6.54 Å². The molecule has 0 saturated heterocycles. The van der Waals surface area contributed by atoms with Gasteiger partial charge < -0.3 is 29.7 Å². The van der Waals surface area contributed by atoms with Crippen LogP contribution in [0.25, 0.3) is 0 Å². The minimum Gasteiger partial charge on any atom is -0.497 e. The molecule has 2 N–H and O–H groups in total. The lowest BCUT2D eigenvalue weighted by Gasteiger charge is -2.17. The molecule has 1 aromatic carbocycles. The van der Waals surface area contributed by atoms with Crippen LogP contribution in [0.1, 0.15) is 20.3 Å². The van der Waals surface area contributed by atoms with Gasteiger partial charge in [0.15, 0.2) is 5.96 Å². The van der Waals surface area contributed by atoms with Crippen molar-refractivity contribution in [2.75, 3.05) is 60.6 Å². The molecule has 0 aliphatic carbocycles. The Balaban J connectivity index is 2.38. The lowest BCUT2D eigenvalue weighted by molar-refractivity contribution is 0.161. The second kappa shape index (κ2) is 14.1. The number of rotatable bonds is 13. The van der Waals surface area contributed by atoms with E-state index in [9.17, 15) is 0 Å². The average molecular weight is 381 g/mol. The van der Waals surface area contributed by atoms with Crippen LogP contribution in [-0.2, 0) is 4.74 Å². The van der Waals surface area contributed by atoms with Crippen molar-refractivity contribution >= 4 is 5.96 Å². The topological polar surface area (TPSA) is 67.4 Å². The predicted molar refractivity (Wildman–Crippen MR) is 111 cm³/mol. The fourth-order valence-corrected chi connectivity index (χ4v) is 2.42. The van der Waals surface area contributed by atoms with Gasteiger partial charge in [-0.2, -0.15) is 0 Å². The van der Waals surface area contributed by atoms with Crippen molar-refractivity contribution in [3.05, 3.63) is 24.3 Å². The average Bonchev–Trinajstić information content (AvgIpc) is 2.67. The van der Waals surface area contributed by atoms with E-state index < -0.39 is 0 Å². The molecule has 0 fully saturated rings. The summed E-state index contributed by atoms with van der Waals surface area (Å²) in [5.41, 5.74) is 0. The number of nitrogens with zero attached hydrogens (tertiary/aromatic N) is 2. The van der Waals surface area contributed by atoms with Crippen LogP contribution < -0.4 is 20.1 Å². The van der Waals surface area contributed by atoms with Gasteiger partial charge >= 0.3 is 0 Å².